The molecule has 0 saturated carbocycles. The van der Waals surface area contributed by atoms with E-state index in [0.29, 0.717) is 5.41 Å². The van der Waals surface area contributed by atoms with E-state index >= 15 is 0 Å². The van der Waals surface area contributed by atoms with Crippen LogP contribution in [0.1, 0.15) is 35.1 Å². The second kappa shape index (κ2) is 10.3. The molecule has 37 heavy (non-hydrogen) atoms. The number of hydrogen-bond acceptors (Lipinski definition) is 0. The zero-order chi connectivity index (χ0) is 25.0. The van der Waals surface area contributed by atoms with Gasteiger partial charge in [0, 0.05) is 35.1 Å². The maximum atomic E-state index is 2.33. The van der Waals surface area contributed by atoms with Crippen LogP contribution in [0.15, 0.2) is 121 Å². The molecule has 6 rings (SSSR count). The van der Waals surface area contributed by atoms with E-state index in [4.69, 9.17) is 0 Å². The molecule has 4 aromatic rings. The molecular weight excluding hydrogens is 448 g/mol. The SMILES string of the molecule is c1ccc(C[N+]2(Cc3ccccc3)CCC3(CC[N+](Cc4ccccc4)(Cc4ccccc4)C3)C2)cc1. The fourth-order valence-corrected chi connectivity index (χ4v) is 7.56. The van der Waals surface area contributed by atoms with Gasteiger partial charge in [-0.2, -0.15) is 0 Å². The van der Waals surface area contributed by atoms with Gasteiger partial charge in [-0.3, -0.25) is 0 Å². The molecule has 0 N–H and O–H groups in total. The Morgan fingerprint density at radius 1 is 0.405 bits per heavy atom. The largest absolute Gasteiger partial charge is 0.315 e. The van der Waals surface area contributed by atoms with Gasteiger partial charge in [0.15, 0.2) is 0 Å². The fraction of sp³-hybridized carbons (Fsp3) is 0.314. The van der Waals surface area contributed by atoms with Crippen LogP contribution in [0.2, 0.25) is 0 Å². The summed E-state index contributed by atoms with van der Waals surface area (Å²) < 4.78 is 2.37. The van der Waals surface area contributed by atoms with E-state index in [1.54, 1.807) is 0 Å². The predicted octanol–water partition coefficient (Wildman–Crippen LogP) is 7.21. The Balaban J connectivity index is 1.29. The highest BCUT2D eigenvalue weighted by molar-refractivity contribution is 5.18. The lowest BCUT2D eigenvalue weighted by atomic mass is 9.86. The number of nitrogens with zero attached hydrogens (tertiary/aromatic N) is 2. The summed E-state index contributed by atoms with van der Waals surface area (Å²) in [6.45, 7) is 9.68. The van der Waals surface area contributed by atoms with E-state index in [-0.39, 0.29) is 0 Å². The first-order valence-electron chi connectivity index (χ1n) is 14.0. The van der Waals surface area contributed by atoms with Crippen molar-refractivity contribution in [2.75, 3.05) is 26.2 Å². The Bertz CT molecular complexity index is 1080. The van der Waals surface area contributed by atoms with Gasteiger partial charge in [-0.1, -0.05) is 121 Å². The van der Waals surface area contributed by atoms with Gasteiger partial charge in [-0.05, 0) is 0 Å². The van der Waals surface area contributed by atoms with Crippen LogP contribution in [-0.4, -0.2) is 35.1 Å². The molecule has 2 nitrogen and oxygen atoms in total. The van der Waals surface area contributed by atoms with Crippen molar-refractivity contribution in [1.29, 1.82) is 0 Å². The summed E-state index contributed by atoms with van der Waals surface area (Å²) in [5.74, 6) is 0. The molecule has 1 spiro atoms. The van der Waals surface area contributed by atoms with Crippen LogP contribution in [0.4, 0.5) is 0 Å². The maximum absolute atomic E-state index is 2.33. The number of rotatable bonds is 8. The van der Waals surface area contributed by atoms with Gasteiger partial charge in [0.05, 0.1) is 31.6 Å². The number of hydrogen-bond donors (Lipinski definition) is 0. The van der Waals surface area contributed by atoms with Crippen LogP contribution < -0.4 is 0 Å². The van der Waals surface area contributed by atoms with Crippen molar-refractivity contribution in [2.45, 2.75) is 39.0 Å². The summed E-state index contributed by atoms with van der Waals surface area (Å²) in [4.78, 5) is 0. The summed E-state index contributed by atoms with van der Waals surface area (Å²) in [7, 11) is 0. The molecule has 2 heterocycles. The molecule has 188 valence electrons. The third-order valence-corrected chi connectivity index (χ3v) is 9.02. The highest BCUT2D eigenvalue weighted by Gasteiger charge is 2.57. The molecule has 0 bridgehead atoms. The minimum absolute atomic E-state index is 0.424. The zero-order valence-electron chi connectivity index (χ0n) is 22.0. The molecule has 4 aromatic carbocycles. The van der Waals surface area contributed by atoms with Gasteiger partial charge in [0.1, 0.15) is 26.2 Å². The third-order valence-electron chi connectivity index (χ3n) is 9.02. The van der Waals surface area contributed by atoms with Gasteiger partial charge in [-0.25, -0.2) is 0 Å². The second-order valence-electron chi connectivity index (χ2n) is 12.0. The van der Waals surface area contributed by atoms with E-state index in [0.717, 1.165) is 26.2 Å². The molecule has 0 radical (unpaired) electrons. The van der Waals surface area contributed by atoms with Crippen molar-refractivity contribution in [3.63, 3.8) is 0 Å². The van der Waals surface area contributed by atoms with Gasteiger partial charge in [0.25, 0.3) is 0 Å². The van der Waals surface area contributed by atoms with Crippen LogP contribution in [0.25, 0.3) is 0 Å². The molecule has 0 amide bonds. The van der Waals surface area contributed by atoms with Crippen molar-refractivity contribution < 1.29 is 8.97 Å². The number of quaternary nitrogens is 2. The first-order valence-corrected chi connectivity index (χ1v) is 14.0. The molecule has 2 fully saturated rings. The molecule has 0 aliphatic carbocycles. The molecule has 2 saturated heterocycles. The van der Waals surface area contributed by atoms with Crippen molar-refractivity contribution >= 4 is 0 Å². The summed E-state index contributed by atoms with van der Waals surface area (Å²) in [6, 6.07) is 44.9. The molecule has 2 aliphatic rings. The van der Waals surface area contributed by atoms with E-state index in [9.17, 15) is 0 Å². The summed E-state index contributed by atoms with van der Waals surface area (Å²) in [5.41, 5.74) is 6.32. The van der Waals surface area contributed by atoms with E-state index < -0.39 is 0 Å². The summed E-state index contributed by atoms with van der Waals surface area (Å²) in [5, 5.41) is 0. The first kappa shape index (κ1) is 24.2. The Kier molecular flexibility index (Phi) is 6.71. The van der Waals surface area contributed by atoms with E-state index in [1.807, 2.05) is 0 Å². The lowest BCUT2D eigenvalue weighted by molar-refractivity contribution is -0.956. The van der Waals surface area contributed by atoms with Crippen LogP contribution >= 0.6 is 0 Å². The third kappa shape index (κ3) is 5.56. The Hall–Kier alpha value is -3.20. The average Bonchev–Trinajstić information content (AvgIpc) is 3.45. The monoisotopic (exact) mass is 488 g/mol. The minimum Gasteiger partial charge on any atom is -0.315 e. The van der Waals surface area contributed by atoms with Gasteiger partial charge in [0.2, 0.25) is 0 Å². The number of benzene rings is 4. The van der Waals surface area contributed by atoms with Crippen molar-refractivity contribution in [3.8, 4) is 0 Å². The van der Waals surface area contributed by atoms with Crippen LogP contribution in [0.3, 0.4) is 0 Å². The van der Waals surface area contributed by atoms with E-state index in [2.05, 4.69) is 121 Å². The molecule has 0 unspecified atom stereocenters. The van der Waals surface area contributed by atoms with Crippen LogP contribution in [0, 0.1) is 5.41 Å². The fourth-order valence-electron chi connectivity index (χ4n) is 7.56. The molecule has 2 aliphatic heterocycles. The van der Waals surface area contributed by atoms with Gasteiger partial charge < -0.3 is 8.97 Å². The van der Waals surface area contributed by atoms with Crippen molar-refractivity contribution in [1.82, 2.24) is 0 Å². The van der Waals surface area contributed by atoms with Crippen LogP contribution in [-0.2, 0) is 26.2 Å². The summed E-state index contributed by atoms with van der Waals surface area (Å²) in [6.07, 6.45) is 2.69. The van der Waals surface area contributed by atoms with Crippen LogP contribution in [0.5, 0.6) is 0 Å². The lowest BCUT2D eigenvalue weighted by Crippen LogP contribution is -2.49. The first-order chi connectivity index (χ1) is 18.1. The lowest BCUT2D eigenvalue weighted by Gasteiger charge is -2.38. The Morgan fingerprint density at radius 3 is 0.946 bits per heavy atom. The topological polar surface area (TPSA) is 0 Å². The molecule has 0 aromatic heterocycles. The molecule has 0 atom stereocenters. The van der Waals surface area contributed by atoms with Crippen molar-refractivity contribution in [3.05, 3.63) is 144 Å². The molecular formula is C35H40N2+2. The standard InChI is InChI=1S/C35H40N2/c1-5-13-31(14-6-1)25-36(26-32-15-7-2-8-16-32)23-21-35(29-36)22-24-37(30-35,27-33-17-9-3-10-18-33)28-34-19-11-4-12-20-34/h1-20H,21-30H2/q+2. The predicted molar refractivity (Wildman–Crippen MR) is 152 cm³/mol. The second-order valence-corrected chi connectivity index (χ2v) is 12.0. The highest BCUT2D eigenvalue weighted by Crippen LogP contribution is 2.48. The highest BCUT2D eigenvalue weighted by atomic mass is 15.4. The number of likely N-dealkylation sites (tertiary alicyclic amines) is 2. The molecule has 2 heteroatoms. The van der Waals surface area contributed by atoms with Gasteiger partial charge >= 0.3 is 0 Å². The Morgan fingerprint density at radius 2 is 0.676 bits per heavy atom. The Labute approximate surface area is 223 Å². The van der Waals surface area contributed by atoms with Gasteiger partial charge in [-0.15, -0.1) is 0 Å². The minimum atomic E-state index is 0.424. The summed E-state index contributed by atoms with van der Waals surface area (Å²) >= 11 is 0. The normalized spacial score (nSPS) is 19.2. The van der Waals surface area contributed by atoms with E-state index in [1.165, 1.54) is 70.2 Å². The average molecular weight is 489 g/mol. The quantitative estimate of drug-likeness (QED) is 0.230. The smallest absolute Gasteiger partial charge is 0.105 e. The van der Waals surface area contributed by atoms with Crippen molar-refractivity contribution in [2.24, 2.45) is 5.41 Å². The maximum Gasteiger partial charge on any atom is 0.105 e. The zero-order valence-corrected chi connectivity index (χ0v) is 22.0.